The number of halogens is 1. The number of aliphatic hydroxyl groups is 1. The van der Waals surface area contributed by atoms with Gasteiger partial charge in [0.15, 0.2) is 0 Å². The maximum absolute atomic E-state index is 12.5. The average molecular weight is 390 g/mol. The Morgan fingerprint density at radius 2 is 1.95 bits per heavy atom. The molecule has 0 aliphatic rings. The van der Waals surface area contributed by atoms with Crippen LogP contribution in [0.25, 0.3) is 0 Å². The predicted octanol–water partition coefficient (Wildman–Crippen LogP) is 3.08. The van der Waals surface area contributed by atoms with Gasteiger partial charge in [-0.05, 0) is 24.5 Å². The summed E-state index contributed by atoms with van der Waals surface area (Å²) in [6, 6.07) is 7.65. The van der Waals surface area contributed by atoms with Crippen LogP contribution in [-0.2, 0) is 10.0 Å². The summed E-state index contributed by atoms with van der Waals surface area (Å²) in [5.41, 5.74) is 0. The van der Waals surface area contributed by atoms with Gasteiger partial charge in [-0.25, -0.2) is 13.1 Å². The van der Waals surface area contributed by atoms with E-state index in [9.17, 15) is 13.5 Å². The molecule has 1 aromatic rings. The zero-order valence-corrected chi connectivity index (χ0v) is 15.3. The van der Waals surface area contributed by atoms with Gasteiger partial charge in [-0.15, -0.1) is 6.58 Å². The molecule has 6 heteroatoms. The number of alkyl halides is 1. The van der Waals surface area contributed by atoms with Crippen LogP contribution < -0.4 is 4.72 Å². The molecule has 0 spiro atoms. The van der Waals surface area contributed by atoms with Gasteiger partial charge in [0.25, 0.3) is 0 Å². The van der Waals surface area contributed by atoms with Gasteiger partial charge in [0.2, 0.25) is 10.0 Å². The number of rotatable bonds is 9. The summed E-state index contributed by atoms with van der Waals surface area (Å²) in [5, 5.41) is 10.4. The highest BCUT2D eigenvalue weighted by atomic mass is 79.9. The highest BCUT2D eigenvalue weighted by molar-refractivity contribution is 9.09. The van der Waals surface area contributed by atoms with E-state index in [0.717, 1.165) is 6.42 Å². The fraction of sp³-hybridized carbons (Fsp3) is 0.500. The molecular formula is C16H24BrNO3S. The molecule has 2 N–H and O–H groups in total. The molecule has 1 rings (SSSR count). The number of allylic oxidation sites excluding steroid dienone is 1. The Hall–Kier alpha value is -0.690. The summed E-state index contributed by atoms with van der Waals surface area (Å²) in [5.74, 6) is 0.0120. The van der Waals surface area contributed by atoms with Crippen molar-refractivity contribution < 1.29 is 13.5 Å². The lowest BCUT2D eigenvalue weighted by molar-refractivity contribution is 0.105. The molecule has 0 bridgehead atoms. The molecule has 1 unspecified atom stereocenters. The molecule has 0 aromatic heterocycles. The van der Waals surface area contributed by atoms with Crippen LogP contribution in [0.15, 0.2) is 47.9 Å². The Kier molecular flexibility index (Phi) is 7.76. The van der Waals surface area contributed by atoms with Crippen molar-refractivity contribution in [1.29, 1.82) is 0 Å². The minimum absolute atomic E-state index is 0.0120. The molecule has 0 aliphatic carbocycles. The first-order valence-corrected chi connectivity index (χ1v) is 9.73. The maximum Gasteiger partial charge on any atom is 0.240 e. The maximum atomic E-state index is 12.5. The van der Waals surface area contributed by atoms with Crippen molar-refractivity contribution in [2.75, 3.05) is 0 Å². The van der Waals surface area contributed by atoms with E-state index in [4.69, 9.17) is 0 Å². The number of hydrogen-bond donors (Lipinski definition) is 2. The molecule has 0 fully saturated rings. The van der Waals surface area contributed by atoms with E-state index in [1.165, 1.54) is 0 Å². The standard InChI is InChI=1S/C16H24BrNO3S/c1-4-12(3)16(15(19)11-13(17)5-2)18-22(20,21)14-9-7-6-8-10-14/h5-10,12-13,15-16,18-19H,2,4,11H2,1,3H3/t12-,13?,15-,16-/m0/s1. The van der Waals surface area contributed by atoms with Crippen molar-refractivity contribution in [3.63, 3.8) is 0 Å². The van der Waals surface area contributed by atoms with E-state index in [1.807, 2.05) is 13.8 Å². The van der Waals surface area contributed by atoms with Crippen LogP contribution in [0.1, 0.15) is 26.7 Å². The van der Waals surface area contributed by atoms with E-state index in [2.05, 4.69) is 27.2 Å². The molecule has 0 saturated carbocycles. The zero-order chi connectivity index (χ0) is 16.8. The highest BCUT2D eigenvalue weighted by Gasteiger charge is 2.30. The molecule has 0 radical (unpaired) electrons. The quantitative estimate of drug-likeness (QED) is 0.503. The summed E-state index contributed by atoms with van der Waals surface area (Å²) in [4.78, 5) is 0.143. The third-order valence-electron chi connectivity index (χ3n) is 3.74. The van der Waals surface area contributed by atoms with E-state index >= 15 is 0 Å². The second-order valence-corrected chi connectivity index (χ2v) is 8.29. The lowest BCUT2D eigenvalue weighted by Gasteiger charge is -2.29. The van der Waals surface area contributed by atoms with Crippen LogP contribution in [0.5, 0.6) is 0 Å². The van der Waals surface area contributed by atoms with Gasteiger partial charge in [0.05, 0.1) is 17.0 Å². The zero-order valence-electron chi connectivity index (χ0n) is 12.9. The molecule has 4 atom stereocenters. The third-order valence-corrected chi connectivity index (χ3v) is 5.96. The first kappa shape index (κ1) is 19.4. The van der Waals surface area contributed by atoms with Gasteiger partial charge >= 0.3 is 0 Å². The monoisotopic (exact) mass is 389 g/mol. The number of nitrogens with one attached hydrogen (secondary N) is 1. The van der Waals surface area contributed by atoms with Crippen LogP contribution >= 0.6 is 15.9 Å². The molecular weight excluding hydrogens is 366 g/mol. The fourth-order valence-corrected chi connectivity index (χ4v) is 3.93. The number of hydrogen-bond acceptors (Lipinski definition) is 3. The predicted molar refractivity (Wildman–Crippen MR) is 93.5 cm³/mol. The van der Waals surface area contributed by atoms with Crippen molar-refractivity contribution in [3.8, 4) is 0 Å². The molecule has 1 aromatic carbocycles. The number of benzene rings is 1. The Labute approximate surface area is 141 Å². The summed E-state index contributed by atoms with van der Waals surface area (Å²) in [7, 11) is -3.65. The van der Waals surface area contributed by atoms with E-state index in [0.29, 0.717) is 6.42 Å². The van der Waals surface area contributed by atoms with Gasteiger partial charge < -0.3 is 5.11 Å². The minimum atomic E-state index is -3.65. The fourth-order valence-electron chi connectivity index (χ4n) is 2.15. The van der Waals surface area contributed by atoms with Crippen molar-refractivity contribution in [3.05, 3.63) is 43.0 Å². The van der Waals surface area contributed by atoms with Crippen LogP contribution in [0.3, 0.4) is 0 Å². The second-order valence-electron chi connectivity index (χ2n) is 5.40. The number of aliphatic hydroxyl groups excluding tert-OH is 1. The van der Waals surface area contributed by atoms with Gasteiger partial charge in [0, 0.05) is 4.83 Å². The lowest BCUT2D eigenvalue weighted by atomic mass is 9.93. The second kappa shape index (κ2) is 8.82. The first-order chi connectivity index (χ1) is 10.3. The Bertz CT molecular complexity index is 562. The Balaban J connectivity index is 2.96. The third kappa shape index (κ3) is 5.50. The average Bonchev–Trinajstić information content (AvgIpc) is 2.52. The van der Waals surface area contributed by atoms with E-state index in [1.54, 1.807) is 36.4 Å². The van der Waals surface area contributed by atoms with Crippen LogP contribution in [-0.4, -0.2) is 30.5 Å². The van der Waals surface area contributed by atoms with Crippen molar-refractivity contribution in [2.45, 2.75) is 48.6 Å². The van der Waals surface area contributed by atoms with Gasteiger partial charge in [-0.2, -0.15) is 0 Å². The summed E-state index contributed by atoms with van der Waals surface area (Å²) in [6.07, 6.45) is 2.05. The molecule has 0 saturated heterocycles. The molecule has 0 heterocycles. The minimum Gasteiger partial charge on any atom is -0.391 e. The van der Waals surface area contributed by atoms with Crippen molar-refractivity contribution in [1.82, 2.24) is 4.72 Å². The first-order valence-electron chi connectivity index (χ1n) is 7.33. The van der Waals surface area contributed by atoms with Crippen LogP contribution in [0.2, 0.25) is 0 Å². The summed E-state index contributed by atoms with van der Waals surface area (Å²) in [6.45, 7) is 7.57. The summed E-state index contributed by atoms with van der Waals surface area (Å²) >= 11 is 3.39. The molecule has 0 aliphatic heterocycles. The van der Waals surface area contributed by atoms with Gasteiger partial charge in [-0.3, -0.25) is 0 Å². The number of sulfonamides is 1. The molecule has 124 valence electrons. The largest absolute Gasteiger partial charge is 0.391 e. The van der Waals surface area contributed by atoms with Crippen molar-refractivity contribution in [2.24, 2.45) is 5.92 Å². The normalized spacial score (nSPS) is 17.5. The topological polar surface area (TPSA) is 66.4 Å². The Morgan fingerprint density at radius 3 is 2.45 bits per heavy atom. The van der Waals surface area contributed by atoms with E-state index < -0.39 is 22.2 Å². The lowest BCUT2D eigenvalue weighted by Crippen LogP contribution is -2.47. The molecule has 22 heavy (non-hydrogen) atoms. The van der Waals surface area contributed by atoms with Crippen LogP contribution in [0.4, 0.5) is 0 Å². The van der Waals surface area contributed by atoms with Gasteiger partial charge in [-0.1, -0.05) is 60.5 Å². The molecule has 0 amide bonds. The van der Waals surface area contributed by atoms with Crippen molar-refractivity contribution >= 4 is 26.0 Å². The highest BCUT2D eigenvalue weighted by Crippen LogP contribution is 2.20. The van der Waals surface area contributed by atoms with Crippen LogP contribution in [0, 0.1) is 5.92 Å². The molecule has 4 nitrogen and oxygen atoms in total. The van der Waals surface area contributed by atoms with Gasteiger partial charge in [0.1, 0.15) is 0 Å². The SMILES string of the molecule is C=CC(Br)C[C@H](O)[C@@H](NS(=O)(=O)c1ccccc1)[C@@H](C)CC. The smallest absolute Gasteiger partial charge is 0.240 e. The Morgan fingerprint density at radius 1 is 1.36 bits per heavy atom. The summed E-state index contributed by atoms with van der Waals surface area (Å²) < 4.78 is 27.6. The van der Waals surface area contributed by atoms with E-state index in [-0.39, 0.29) is 15.6 Å².